The predicted molar refractivity (Wildman–Crippen MR) is 79.5 cm³/mol. The van der Waals surface area contributed by atoms with Crippen molar-refractivity contribution in [3.63, 3.8) is 0 Å². The fourth-order valence-corrected chi connectivity index (χ4v) is 2.19. The second kappa shape index (κ2) is 5.25. The number of carbonyl (C=O) groups is 1. The average Bonchev–Trinajstić information content (AvgIpc) is 2.89. The van der Waals surface area contributed by atoms with Gasteiger partial charge < -0.3 is 15.4 Å². The monoisotopic (exact) mass is 268 g/mol. The first-order valence-corrected chi connectivity index (χ1v) is 6.61. The van der Waals surface area contributed by atoms with E-state index in [2.05, 4.69) is 10.6 Å². The third kappa shape index (κ3) is 2.74. The van der Waals surface area contributed by atoms with Crippen molar-refractivity contribution in [1.82, 2.24) is 0 Å². The maximum Gasteiger partial charge on any atom is 0.323 e. The number of hydrogen-bond acceptors (Lipinski definition) is 2. The molecule has 0 radical (unpaired) electrons. The van der Waals surface area contributed by atoms with Crippen molar-refractivity contribution >= 4 is 17.4 Å². The van der Waals surface area contributed by atoms with Gasteiger partial charge in [0.25, 0.3) is 0 Å². The highest BCUT2D eigenvalue weighted by Gasteiger charge is 2.12. The molecule has 0 bridgehead atoms. The molecule has 3 rings (SSSR count). The molecule has 0 spiro atoms. The molecule has 0 saturated carbocycles. The lowest BCUT2D eigenvalue weighted by molar-refractivity contribution is 0.262. The quantitative estimate of drug-likeness (QED) is 0.874. The summed E-state index contributed by atoms with van der Waals surface area (Å²) in [5.74, 6) is 0.912. The van der Waals surface area contributed by atoms with E-state index in [4.69, 9.17) is 4.74 Å². The van der Waals surface area contributed by atoms with Crippen LogP contribution in [0.3, 0.4) is 0 Å². The van der Waals surface area contributed by atoms with Crippen molar-refractivity contribution in [1.29, 1.82) is 0 Å². The smallest absolute Gasteiger partial charge is 0.323 e. The van der Waals surface area contributed by atoms with Crippen LogP contribution in [0.2, 0.25) is 0 Å². The Kier molecular flexibility index (Phi) is 3.29. The Morgan fingerprint density at radius 3 is 2.55 bits per heavy atom. The number of anilines is 2. The third-order valence-electron chi connectivity index (χ3n) is 3.26. The Bertz CT molecular complexity index is 635. The molecule has 2 aromatic rings. The topological polar surface area (TPSA) is 50.4 Å². The van der Waals surface area contributed by atoms with E-state index in [1.54, 1.807) is 0 Å². The molecule has 0 aliphatic carbocycles. The zero-order valence-corrected chi connectivity index (χ0v) is 11.3. The molecule has 0 saturated heterocycles. The summed E-state index contributed by atoms with van der Waals surface area (Å²) in [6, 6.07) is 13.1. The number of urea groups is 1. The van der Waals surface area contributed by atoms with Crippen molar-refractivity contribution in [2.75, 3.05) is 17.2 Å². The fourth-order valence-electron chi connectivity index (χ4n) is 2.19. The SMILES string of the molecule is Cc1ccc(NC(=O)Nc2ccc3c(c2)CCO3)cc1. The number of nitrogens with one attached hydrogen (secondary N) is 2. The third-order valence-corrected chi connectivity index (χ3v) is 3.26. The fraction of sp³-hybridized carbons (Fsp3) is 0.188. The van der Waals surface area contributed by atoms with Crippen LogP contribution in [0.1, 0.15) is 11.1 Å². The zero-order chi connectivity index (χ0) is 13.9. The summed E-state index contributed by atoms with van der Waals surface area (Å²) >= 11 is 0. The van der Waals surface area contributed by atoms with Gasteiger partial charge in [-0.05, 0) is 42.8 Å². The molecule has 0 aromatic heterocycles. The largest absolute Gasteiger partial charge is 0.493 e. The van der Waals surface area contributed by atoms with Crippen molar-refractivity contribution in [2.24, 2.45) is 0 Å². The van der Waals surface area contributed by atoms with Gasteiger partial charge in [-0.25, -0.2) is 4.79 Å². The number of fused-ring (bicyclic) bond motifs is 1. The first-order valence-electron chi connectivity index (χ1n) is 6.61. The van der Waals surface area contributed by atoms with Crippen LogP contribution in [0.25, 0.3) is 0 Å². The van der Waals surface area contributed by atoms with E-state index in [1.807, 2.05) is 49.4 Å². The highest BCUT2D eigenvalue weighted by Crippen LogP contribution is 2.27. The summed E-state index contributed by atoms with van der Waals surface area (Å²) < 4.78 is 5.44. The number of aryl methyl sites for hydroxylation is 1. The van der Waals surface area contributed by atoms with Gasteiger partial charge >= 0.3 is 6.03 Å². The number of benzene rings is 2. The van der Waals surface area contributed by atoms with Crippen molar-refractivity contribution in [2.45, 2.75) is 13.3 Å². The van der Waals surface area contributed by atoms with Crippen LogP contribution in [0.5, 0.6) is 5.75 Å². The van der Waals surface area contributed by atoms with Crippen molar-refractivity contribution in [3.05, 3.63) is 53.6 Å². The molecule has 4 nitrogen and oxygen atoms in total. The average molecular weight is 268 g/mol. The van der Waals surface area contributed by atoms with E-state index in [9.17, 15) is 4.79 Å². The lowest BCUT2D eigenvalue weighted by Gasteiger charge is -2.09. The molecule has 0 atom stereocenters. The minimum absolute atomic E-state index is 0.243. The van der Waals surface area contributed by atoms with E-state index < -0.39 is 0 Å². The van der Waals surface area contributed by atoms with Crippen molar-refractivity contribution < 1.29 is 9.53 Å². The Morgan fingerprint density at radius 2 is 1.75 bits per heavy atom. The normalized spacial score (nSPS) is 12.4. The predicted octanol–water partition coefficient (Wildman–Crippen LogP) is 3.57. The molecule has 1 heterocycles. The Balaban J connectivity index is 1.65. The Labute approximate surface area is 117 Å². The van der Waals surface area contributed by atoms with Gasteiger partial charge in [-0.1, -0.05) is 17.7 Å². The zero-order valence-electron chi connectivity index (χ0n) is 11.3. The molecule has 1 aliphatic heterocycles. The lowest BCUT2D eigenvalue weighted by Crippen LogP contribution is -2.19. The van der Waals surface area contributed by atoms with E-state index >= 15 is 0 Å². The van der Waals surface area contributed by atoms with Gasteiger partial charge in [0.15, 0.2) is 0 Å². The van der Waals surface area contributed by atoms with E-state index in [1.165, 1.54) is 0 Å². The number of ether oxygens (including phenoxy) is 1. The van der Waals surface area contributed by atoms with Crippen LogP contribution in [-0.2, 0) is 6.42 Å². The molecule has 20 heavy (non-hydrogen) atoms. The second-order valence-corrected chi connectivity index (χ2v) is 4.87. The summed E-state index contributed by atoms with van der Waals surface area (Å²) in [5.41, 5.74) is 3.85. The maximum atomic E-state index is 11.9. The van der Waals surface area contributed by atoms with Gasteiger partial charge in [-0.3, -0.25) is 0 Å². The molecule has 4 heteroatoms. The van der Waals surface area contributed by atoms with Gasteiger partial charge in [-0.15, -0.1) is 0 Å². The van der Waals surface area contributed by atoms with Gasteiger partial charge in [0.1, 0.15) is 5.75 Å². The number of rotatable bonds is 2. The molecule has 2 aromatic carbocycles. The molecule has 0 unspecified atom stereocenters. The van der Waals surface area contributed by atoms with Crippen LogP contribution in [0, 0.1) is 6.92 Å². The molecular formula is C16H16N2O2. The summed E-state index contributed by atoms with van der Waals surface area (Å²) in [7, 11) is 0. The Hall–Kier alpha value is -2.49. The van der Waals surface area contributed by atoms with Crippen LogP contribution < -0.4 is 15.4 Å². The van der Waals surface area contributed by atoms with Gasteiger partial charge in [0.2, 0.25) is 0 Å². The van der Waals surface area contributed by atoms with E-state index in [-0.39, 0.29) is 6.03 Å². The van der Waals surface area contributed by atoms with Crippen LogP contribution in [0.4, 0.5) is 16.2 Å². The molecule has 0 fully saturated rings. The van der Waals surface area contributed by atoms with Gasteiger partial charge in [0, 0.05) is 17.8 Å². The molecule has 2 N–H and O–H groups in total. The number of amides is 2. The standard InChI is InChI=1S/C16H16N2O2/c1-11-2-4-13(5-3-11)17-16(19)18-14-6-7-15-12(10-14)8-9-20-15/h2-7,10H,8-9H2,1H3,(H2,17,18,19). The highest BCUT2D eigenvalue weighted by atomic mass is 16.5. The summed E-state index contributed by atoms with van der Waals surface area (Å²) in [6.45, 7) is 2.73. The summed E-state index contributed by atoms with van der Waals surface area (Å²) in [5, 5.41) is 5.63. The number of carbonyl (C=O) groups excluding carboxylic acids is 1. The first-order chi connectivity index (χ1) is 9.70. The highest BCUT2D eigenvalue weighted by molar-refractivity contribution is 5.99. The molecule has 1 aliphatic rings. The van der Waals surface area contributed by atoms with E-state index in [0.29, 0.717) is 6.61 Å². The molecule has 2 amide bonds. The minimum Gasteiger partial charge on any atom is -0.493 e. The van der Waals surface area contributed by atoms with Gasteiger partial charge in [0.05, 0.1) is 6.61 Å². The van der Waals surface area contributed by atoms with Crippen LogP contribution >= 0.6 is 0 Å². The van der Waals surface area contributed by atoms with Crippen LogP contribution in [-0.4, -0.2) is 12.6 Å². The second-order valence-electron chi connectivity index (χ2n) is 4.87. The minimum atomic E-state index is -0.243. The van der Waals surface area contributed by atoms with Crippen molar-refractivity contribution in [3.8, 4) is 5.75 Å². The van der Waals surface area contributed by atoms with E-state index in [0.717, 1.165) is 34.7 Å². The first kappa shape index (κ1) is 12.5. The van der Waals surface area contributed by atoms with Crippen LogP contribution in [0.15, 0.2) is 42.5 Å². The van der Waals surface area contributed by atoms with Gasteiger partial charge in [-0.2, -0.15) is 0 Å². The lowest BCUT2D eigenvalue weighted by atomic mass is 10.1. The molecular weight excluding hydrogens is 252 g/mol. The summed E-state index contributed by atoms with van der Waals surface area (Å²) in [4.78, 5) is 11.9. The Morgan fingerprint density at radius 1 is 1.05 bits per heavy atom. The summed E-state index contributed by atoms with van der Waals surface area (Å²) in [6.07, 6.45) is 0.893. The number of hydrogen-bond donors (Lipinski definition) is 2. The molecule has 102 valence electrons. The maximum absolute atomic E-state index is 11.9.